The summed E-state index contributed by atoms with van der Waals surface area (Å²) in [7, 11) is 0. The molecule has 0 heterocycles. The average Bonchev–Trinajstić information content (AvgIpc) is 0.811. The van der Waals surface area contributed by atoms with E-state index in [1.165, 1.54) is 0 Å². The average molecular weight is 162 g/mol. The summed E-state index contributed by atoms with van der Waals surface area (Å²) in [5, 5.41) is 16.7. The minimum atomic E-state index is -2.33. The predicted molar refractivity (Wildman–Crippen MR) is 12.5 cm³/mol. The van der Waals surface area contributed by atoms with Crippen molar-refractivity contribution in [3.8, 4) is 0 Å². The number of hydrogen-bond acceptors (Lipinski definition) is 3. The Kier molecular flexibility index (Phi) is 52.1. The van der Waals surface area contributed by atoms with E-state index in [1.54, 1.807) is 0 Å². The van der Waals surface area contributed by atoms with Crippen LogP contribution in [0.4, 0.5) is 4.79 Å². The third kappa shape index (κ3) is 43.3. The molecule has 0 radical (unpaired) electrons. The molecule has 6 heteroatoms. The normalized spacial score (nSPS) is 3.43. The van der Waals surface area contributed by atoms with Gasteiger partial charge in [-0.15, -0.1) is 0 Å². The molecule has 0 saturated carbocycles. The number of carboxylic acid groups (broad SMARTS) is 2. The summed E-state index contributed by atoms with van der Waals surface area (Å²) in [4.78, 5) is 8.33. The molecule has 0 rings (SSSR count). The van der Waals surface area contributed by atoms with Crippen molar-refractivity contribution in [3.05, 3.63) is 0 Å². The van der Waals surface area contributed by atoms with Crippen molar-refractivity contribution in [1.82, 2.24) is 0 Å². The molecule has 0 aliphatic rings. The Bertz CT molecular complexity index is 35.9. The second kappa shape index (κ2) is 16.3. The van der Waals surface area contributed by atoms with Gasteiger partial charge in [-0.25, -0.2) is 0 Å². The van der Waals surface area contributed by atoms with Crippen LogP contribution in [0.25, 0.3) is 0 Å². The third-order valence-electron chi connectivity index (χ3n) is 0. The van der Waals surface area contributed by atoms with Gasteiger partial charge in [0.2, 0.25) is 0 Å². The molecule has 7 heavy (non-hydrogen) atoms. The second-order valence-electron chi connectivity index (χ2n) is 0.250. The van der Waals surface area contributed by atoms with Crippen molar-refractivity contribution in [1.29, 1.82) is 0 Å². The molecule has 0 bridgehead atoms. The predicted octanol–water partition coefficient (Wildman–Crippen LogP) is -9.09. The first-order valence-corrected chi connectivity index (χ1v) is 0.612. The van der Waals surface area contributed by atoms with Gasteiger partial charge in [-0.1, -0.05) is 0 Å². The molecule has 0 fully saturated rings. The van der Waals surface area contributed by atoms with Crippen LogP contribution in [0.1, 0.15) is 0 Å². The topological polar surface area (TPSA) is 63.2 Å². The molecule has 0 aromatic carbocycles. The van der Waals surface area contributed by atoms with Gasteiger partial charge in [0.1, 0.15) is 0 Å². The molecule has 0 unspecified atom stereocenters. The van der Waals surface area contributed by atoms with Crippen molar-refractivity contribution in [3.63, 3.8) is 0 Å². The number of carbonyl (C=O) groups excluding carboxylic acids is 1. The molecular weight excluding hydrogens is 161 g/mol. The fourth-order valence-electron chi connectivity index (χ4n) is 0. The molecule has 26 valence electrons. The summed E-state index contributed by atoms with van der Waals surface area (Å²) < 4.78 is 0. The van der Waals surface area contributed by atoms with Crippen LogP contribution in [0.15, 0.2) is 0 Å². The van der Waals surface area contributed by atoms with Crippen molar-refractivity contribution in [2.75, 3.05) is 0 Å². The Balaban J connectivity index is -0.0000000150. The van der Waals surface area contributed by atoms with Crippen LogP contribution < -0.4 is 113 Å². The van der Waals surface area contributed by atoms with Crippen molar-refractivity contribution < 1.29 is 118 Å². The van der Waals surface area contributed by atoms with E-state index in [2.05, 4.69) is 0 Å². The molecule has 0 atom stereocenters. The van der Waals surface area contributed by atoms with Crippen LogP contribution >= 0.6 is 0 Å². The number of hydrogen-bond donors (Lipinski definition) is 0. The summed E-state index contributed by atoms with van der Waals surface area (Å²) in [6.45, 7) is 0. The Morgan fingerprint density at radius 3 is 1.14 bits per heavy atom. The molecule has 0 N–H and O–H groups in total. The van der Waals surface area contributed by atoms with Crippen LogP contribution in [0.5, 0.6) is 0 Å². The summed E-state index contributed by atoms with van der Waals surface area (Å²) in [6, 6.07) is 0. The summed E-state index contributed by atoms with van der Waals surface area (Å²) >= 11 is 0. The molecule has 0 saturated heterocycles. The Morgan fingerprint density at radius 2 is 1.14 bits per heavy atom. The number of carbonyl (C=O) groups is 1. The van der Waals surface area contributed by atoms with Crippen molar-refractivity contribution >= 4 is 35.7 Å². The first-order chi connectivity index (χ1) is 1.73. The fraction of sp³-hybridized carbons (Fsp3) is 0. The summed E-state index contributed by atoms with van der Waals surface area (Å²) in [6.07, 6.45) is -2.33. The first-order valence-electron chi connectivity index (χ1n) is 0.612. The maximum atomic E-state index is 8.33. The van der Waals surface area contributed by atoms with E-state index in [0.717, 1.165) is 0 Å². The first kappa shape index (κ1) is 22.4. The van der Waals surface area contributed by atoms with Crippen molar-refractivity contribution in [2.45, 2.75) is 0 Å². The van der Waals surface area contributed by atoms with Gasteiger partial charge in [-0.05, 0) is 6.16 Å². The quantitative estimate of drug-likeness (QED) is 0.332. The molecule has 0 aromatic rings. The molecule has 0 aromatic heterocycles. The van der Waals surface area contributed by atoms with Gasteiger partial charge in [-0.3, -0.25) is 0 Å². The van der Waals surface area contributed by atoms with Crippen LogP contribution in [-0.2, 0) is 0 Å². The SMILES string of the molecule is O=C([O-])[O-].[K+].[K+].[NaH]. The third-order valence-corrected chi connectivity index (χ3v) is 0. The zero-order valence-electron chi connectivity index (χ0n) is 3.72. The van der Waals surface area contributed by atoms with Gasteiger partial charge in [0, 0.05) is 0 Å². The molecule has 0 aliphatic heterocycles. The van der Waals surface area contributed by atoms with E-state index in [1.807, 2.05) is 0 Å². The van der Waals surface area contributed by atoms with Gasteiger partial charge in [0.25, 0.3) is 0 Å². The van der Waals surface area contributed by atoms with E-state index in [-0.39, 0.29) is 132 Å². The molecule has 0 amide bonds. The van der Waals surface area contributed by atoms with E-state index < -0.39 is 6.16 Å². The van der Waals surface area contributed by atoms with Crippen LogP contribution in [0, 0.1) is 0 Å². The fourth-order valence-corrected chi connectivity index (χ4v) is 0. The van der Waals surface area contributed by atoms with Gasteiger partial charge in [0.15, 0.2) is 0 Å². The summed E-state index contributed by atoms with van der Waals surface area (Å²) in [5.74, 6) is 0. The molecular formula is CHK2NaO3. The van der Waals surface area contributed by atoms with Crippen LogP contribution in [0.2, 0.25) is 0 Å². The van der Waals surface area contributed by atoms with E-state index in [0.29, 0.717) is 0 Å². The van der Waals surface area contributed by atoms with E-state index >= 15 is 0 Å². The van der Waals surface area contributed by atoms with E-state index in [4.69, 9.17) is 15.0 Å². The Morgan fingerprint density at radius 1 is 1.14 bits per heavy atom. The minimum absolute atomic E-state index is 0. The van der Waals surface area contributed by atoms with Gasteiger partial charge in [-0.2, -0.15) is 0 Å². The van der Waals surface area contributed by atoms with Crippen LogP contribution in [-0.4, -0.2) is 35.7 Å². The van der Waals surface area contributed by atoms with Gasteiger partial charge in [0.05, 0.1) is 0 Å². The standard InChI is InChI=1S/CH2O3.2K.Na.H/c2-1(3)4;;;;/h(H2,2,3,4);;;;/q;2*+1;;/p-2. The Labute approximate surface area is 149 Å². The summed E-state index contributed by atoms with van der Waals surface area (Å²) in [5.41, 5.74) is 0. The van der Waals surface area contributed by atoms with Crippen molar-refractivity contribution in [2.24, 2.45) is 0 Å². The maximum absolute atomic E-state index is 8.33. The monoisotopic (exact) mass is 162 g/mol. The second-order valence-corrected chi connectivity index (χ2v) is 0.250. The Hall–Kier alpha value is 3.54. The van der Waals surface area contributed by atoms with Crippen LogP contribution in [0.3, 0.4) is 0 Å². The zero-order chi connectivity index (χ0) is 3.58. The van der Waals surface area contributed by atoms with Gasteiger partial charge >= 0.3 is 132 Å². The molecule has 3 nitrogen and oxygen atoms in total. The molecule has 0 aliphatic carbocycles. The molecule has 0 spiro atoms. The van der Waals surface area contributed by atoms with E-state index in [9.17, 15) is 0 Å². The van der Waals surface area contributed by atoms with Gasteiger partial charge < -0.3 is 15.0 Å². The number of rotatable bonds is 0. The zero-order valence-corrected chi connectivity index (χ0v) is 9.97.